The SMILES string of the molecule is COCc1nc2c(Br)cccc2[nH]1. The van der Waals surface area contributed by atoms with Gasteiger partial charge in [-0.1, -0.05) is 6.07 Å². The molecule has 0 saturated heterocycles. The van der Waals surface area contributed by atoms with Crippen LogP contribution in [0.15, 0.2) is 22.7 Å². The van der Waals surface area contributed by atoms with E-state index in [0.29, 0.717) is 6.61 Å². The van der Waals surface area contributed by atoms with Crippen LogP contribution in [-0.4, -0.2) is 17.1 Å². The van der Waals surface area contributed by atoms with Crippen molar-refractivity contribution in [3.8, 4) is 0 Å². The molecule has 2 aromatic rings. The number of para-hydroxylation sites is 1. The summed E-state index contributed by atoms with van der Waals surface area (Å²) >= 11 is 3.44. The lowest BCUT2D eigenvalue weighted by Gasteiger charge is -1.89. The van der Waals surface area contributed by atoms with Crippen molar-refractivity contribution in [3.05, 3.63) is 28.5 Å². The maximum atomic E-state index is 4.99. The molecule has 0 radical (unpaired) electrons. The molecule has 0 spiro atoms. The molecule has 0 bridgehead atoms. The summed E-state index contributed by atoms with van der Waals surface area (Å²) < 4.78 is 5.99. The van der Waals surface area contributed by atoms with E-state index in [1.54, 1.807) is 7.11 Å². The first-order valence-electron chi connectivity index (χ1n) is 3.93. The Balaban J connectivity index is 2.55. The van der Waals surface area contributed by atoms with E-state index in [1.807, 2.05) is 18.2 Å². The quantitative estimate of drug-likeness (QED) is 0.876. The molecule has 3 nitrogen and oxygen atoms in total. The lowest BCUT2D eigenvalue weighted by molar-refractivity contribution is 0.179. The molecule has 0 saturated carbocycles. The number of nitrogens with zero attached hydrogens (tertiary/aromatic N) is 1. The van der Waals surface area contributed by atoms with Crippen molar-refractivity contribution in [2.75, 3.05) is 7.11 Å². The Morgan fingerprint density at radius 1 is 1.54 bits per heavy atom. The summed E-state index contributed by atoms with van der Waals surface area (Å²) in [5.74, 6) is 0.851. The zero-order valence-corrected chi connectivity index (χ0v) is 8.76. The molecule has 0 atom stereocenters. The molecule has 0 aliphatic heterocycles. The fourth-order valence-electron chi connectivity index (χ4n) is 1.25. The highest BCUT2D eigenvalue weighted by Crippen LogP contribution is 2.21. The number of aromatic nitrogens is 2. The van der Waals surface area contributed by atoms with Crippen LogP contribution in [0.1, 0.15) is 5.82 Å². The normalized spacial score (nSPS) is 10.9. The van der Waals surface area contributed by atoms with Gasteiger partial charge in [0, 0.05) is 11.6 Å². The number of hydrogen-bond donors (Lipinski definition) is 1. The molecule has 0 amide bonds. The third-order valence-electron chi connectivity index (χ3n) is 1.79. The van der Waals surface area contributed by atoms with Crippen LogP contribution in [0.3, 0.4) is 0 Å². The molecule has 13 heavy (non-hydrogen) atoms. The third kappa shape index (κ3) is 1.59. The van der Waals surface area contributed by atoms with E-state index >= 15 is 0 Å². The summed E-state index contributed by atoms with van der Waals surface area (Å²) in [5.41, 5.74) is 1.98. The van der Waals surface area contributed by atoms with Crippen molar-refractivity contribution in [3.63, 3.8) is 0 Å². The van der Waals surface area contributed by atoms with Crippen LogP contribution in [0.4, 0.5) is 0 Å². The minimum Gasteiger partial charge on any atom is -0.377 e. The summed E-state index contributed by atoms with van der Waals surface area (Å²) in [6.45, 7) is 0.515. The maximum Gasteiger partial charge on any atom is 0.133 e. The second kappa shape index (κ2) is 3.47. The van der Waals surface area contributed by atoms with E-state index in [-0.39, 0.29) is 0 Å². The Morgan fingerprint density at radius 3 is 3.08 bits per heavy atom. The average Bonchev–Trinajstić information content (AvgIpc) is 2.49. The van der Waals surface area contributed by atoms with Gasteiger partial charge in [0.1, 0.15) is 17.9 Å². The Bertz CT molecular complexity index is 424. The predicted molar refractivity (Wildman–Crippen MR) is 54.5 cm³/mol. The zero-order valence-electron chi connectivity index (χ0n) is 7.17. The van der Waals surface area contributed by atoms with Gasteiger partial charge in [-0.05, 0) is 28.1 Å². The largest absolute Gasteiger partial charge is 0.377 e. The van der Waals surface area contributed by atoms with Gasteiger partial charge in [0.2, 0.25) is 0 Å². The molecule has 4 heteroatoms. The number of ether oxygens (including phenoxy) is 1. The Morgan fingerprint density at radius 2 is 2.38 bits per heavy atom. The molecule has 68 valence electrons. The van der Waals surface area contributed by atoms with Gasteiger partial charge in [-0.25, -0.2) is 4.98 Å². The van der Waals surface area contributed by atoms with Gasteiger partial charge < -0.3 is 9.72 Å². The first-order chi connectivity index (χ1) is 6.31. The highest BCUT2D eigenvalue weighted by Gasteiger charge is 2.04. The second-order valence-electron chi connectivity index (χ2n) is 2.75. The number of methoxy groups -OCH3 is 1. The number of rotatable bonds is 2. The molecular formula is C9H9BrN2O. The number of nitrogens with one attached hydrogen (secondary N) is 1. The maximum absolute atomic E-state index is 4.99. The van der Waals surface area contributed by atoms with Gasteiger partial charge in [-0.15, -0.1) is 0 Å². The average molecular weight is 241 g/mol. The summed E-state index contributed by atoms with van der Waals surface area (Å²) in [6.07, 6.45) is 0. The number of benzene rings is 1. The summed E-state index contributed by atoms with van der Waals surface area (Å²) in [6, 6.07) is 5.94. The summed E-state index contributed by atoms with van der Waals surface area (Å²) in [5, 5.41) is 0. The van der Waals surface area contributed by atoms with Crippen LogP contribution in [0.5, 0.6) is 0 Å². The number of aromatic amines is 1. The van der Waals surface area contributed by atoms with Gasteiger partial charge >= 0.3 is 0 Å². The van der Waals surface area contributed by atoms with Crippen LogP contribution in [-0.2, 0) is 11.3 Å². The molecule has 1 N–H and O–H groups in total. The van der Waals surface area contributed by atoms with E-state index < -0.39 is 0 Å². The smallest absolute Gasteiger partial charge is 0.133 e. The monoisotopic (exact) mass is 240 g/mol. The van der Waals surface area contributed by atoms with Crippen molar-refractivity contribution >= 4 is 27.0 Å². The second-order valence-corrected chi connectivity index (χ2v) is 3.61. The molecule has 1 heterocycles. The number of fused-ring (bicyclic) bond motifs is 1. The van der Waals surface area contributed by atoms with E-state index in [0.717, 1.165) is 21.3 Å². The number of H-pyrrole nitrogens is 1. The number of hydrogen-bond acceptors (Lipinski definition) is 2. The Hall–Kier alpha value is -0.870. The van der Waals surface area contributed by atoms with Gasteiger partial charge in [-0.2, -0.15) is 0 Å². The van der Waals surface area contributed by atoms with E-state index in [4.69, 9.17) is 4.74 Å². The van der Waals surface area contributed by atoms with E-state index in [9.17, 15) is 0 Å². The molecular weight excluding hydrogens is 232 g/mol. The first kappa shape index (κ1) is 8.72. The van der Waals surface area contributed by atoms with Crippen molar-refractivity contribution < 1.29 is 4.74 Å². The summed E-state index contributed by atoms with van der Waals surface area (Å²) in [7, 11) is 1.65. The van der Waals surface area contributed by atoms with Crippen LogP contribution in [0.2, 0.25) is 0 Å². The van der Waals surface area contributed by atoms with Crippen molar-refractivity contribution in [2.45, 2.75) is 6.61 Å². The van der Waals surface area contributed by atoms with Crippen LogP contribution < -0.4 is 0 Å². The topological polar surface area (TPSA) is 37.9 Å². The zero-order chi connectivity index (χ0) is 9.26. The van der Waals surface area contributed by atoms with Gasteiger partial charge in [0.05, 0.1) is 5.52 Å². The van der Waals surface area contributed by atoms with Crippen molar-refractivity contribution in [1.29, 1.82) is 0 Å². The predicted octanol–water partition coefficient (Wildman–Crippen LogP) is 2.47. The minimum atomic E-state index is 0.515. The Labute approximate surface area is 84.3 Å². The Kier molecular flexibility index (Phi) is 2.33. The van der Waals surface area contributed by atoms with Crippen molar-refractivity contribution in [2.24, 2.45) is 0 Å². The molecule has 2 rings (SSSR count). The fraction of sp³-hybridized carbons (Fsp3) is 0.222. The van der Waals surface area contributed by atoms with E-state index in [2.05, 4.69) is 25.9 Å². The molecule has 0 unspecified atom stereocenters. The van der Waals surface area contributed by atoms with Gasteiger partial charge in [0.15, 0.2) is 0 Å². The molecule has 1 aromatic heterocycles. The van der Waals surface area contributed by atoms with Gasteiger partial charge in [0.25, 0.3) is 0 Å². The fourth-order valence-corrected chi connectivity index (χ4v) is 1.71. The third-order valence-corrected chi connectivity index (χ3v) is 2.43. The highest BCUT2D eigenvalue weighted by atomic mass is 79.9. The highest BCUT2D eigenvalue weighted by molar-refractivity contribution is 9.10. The first-order valence-corrected chi connectivity index (χ1v) is 4.72. The standard InChI is InChI=1S/C9H9BrN2O/c1-13-5-8-11-7-4-2-3-6(10)9(7)12-8/h2-4H,5H2,1H3,(H,11,12). The molecule has 0 aliphatic rings. The van der Waals surface area contributed by atoms with Crippen LogP contribution in [0, 0.1) is 0 Å². The molecule has 1 aromatic carbocycles. The molecule has 0 aliphatic carbocycles. The van der Waals surface area contributed by atoms with Crippen molar-refractivity contribution in [1.82, 2.24) is 9.97 Å². The lowest BCUT2D eigenvalue weighted by Crippen LogP contribution is -1.88. The van der Waals surface area contributed by atoms with Crippen LogP contribution >= 0.6 is 15.9 Å². The number of halogens is 1. The van der Waals surface area contributed by atoms with E-state index in [1.165, 1.54) is 0 Å². The van der Waals surface area contributed by atoms with Gasteiger partial charge in [-0.3, -0.25) is 0 Å². The number of imidazole rings is 1. The summed E-state index contributed by atoms with van der Waals surface area (Å²) in [4.78, 5) is 7.55. The minimum absolute atomic E-state index is 0.515. The van der Waals surface area contributed by atoms with Crippen LogP contribution in [0.25, 0.3) is 11.0 Å². The molecule has 0 fully saturated rings. The lowest BCUT2D eigenvalue weighted by atomic mass is 10.3.